The molecule has 0 saturated heterocycles. The molecule has 1 amide bonds. The van der Waals surface area contributed by atoms with Gasteiger partial charge in [-0.05, 0) is 29.5 Å². The van der Waals surface area contributed by atoms with Crippen LogP contribution in [0.25, 0.3) is 10.9 Å². The first-order chi connectivity index (χ1) is 10.5. The Hall–Kier alpha value is -1.33. The number of aliphatic hydroxyl groups excluding tert-OH is 1. The normalized spacial score (nSPS) is 14.0. The van der Waals surface area contributed by atoms with Crippen LogP contribution in [0.2, 0.25) is 0 Å². The number of benzene rings is 1. The number of nitrogens with one attached hydrogen (secondary N) is 1. The van der Waals surface area contributed by atoms with Gasteiger partial charge in [0.1, 0.15) is 0 Å². The molecule has 0 unspecified atom stereocenters. The maximum atomic E-state index is 12.1. The van der Waals surface area contributed by atoms with Crippen molar-refractivity contribution < 1.29 is 9.90 Å². The molecule has 0 spiro atoms. The number of rotatable bonds is 7. The van der Waals surface area contributed by atoms with Gasteiger partial charge in [0.2, 0.25) is 5.91 Å². The SMILES string of the molecule is CC[C@H](C)[C@@H](CO)NC(=O)CCn1ccc2ccc(Br)cc21. The number of fused-ring (bicyclic) bond motifs is 1. The standard InChI is InChI=1S/C17H23BrN2O2/c1-3-12(2)15(11-21)19-17(22)7-9-20-8-6-13-4-5-14(18)10-16(13)20/h4-6,8,10,12,15,21H,3,7,9,11H2,1-2H3,(H,19,22)/t12-,15+/m0/s1. The molecule has 120 valence electrons. The molecular formula is C17H23BrN2O2. The monoisotopic (exact) mass is 366 g/mol. The van der Waals surface area contributed by atoms with Crippen molar-refractivity contribution in [3.8, 4) is 0 Å². The first kappa shape index (κ1) is 17.0. The minimum atomic E-state index is -0.159. The molecular weight excluding hydrogens is 344 g/mol. The molecule has 0 aliphatic rings. The van der Waals surface area contributed by atoms with E-state index in [0.717, 1.165) is 21.8 Å². The minimum absolute atomic E-state index is 0.0137. The molecule has 0 saturated carbocycles. The molecule has 2 rings (SSSR count). The second-order valence-corrected chi connectivity index (χ2v) is 6.62. The molecule has 2 aromatic rings. The van der Waals surface area contributed by atoms with Crippen molar-refractivity contribution in [1.29, 1.82) is 0 Å². The van der Waals surface area contributed by atoms with E-state index < -0.39 is 0 Å². The zero-order valence-corrected chi connectivity index (χ0v) is 14.6. The Kier molecular flexibility index (Phi) is 6.03. The summed E-state index contributed by atoms with van der Waals surface area (Å²) in [6.45, 7) is 4.71. The predicted molar refractivity (Wildman–Crippen MR) is 92.7 cm³/mol. The van der Waals surface area contributed by atoms with Crippen molar-refractivity contribution in [3.63, 3.8) is 0 Å². The molecule has 0 aliphatic carbocycles. The van der Waals surface area contributed by atoms with Crippen molar-refractivity contribution in [2.24, 2.45) is 5.92 Å². The largest absolute Gasteiger partial charge is 0.394 e. The molecule has 1 aromatic heterocycles. The summed E-state index contributed by atoms with van der Waals surface area (Å²) in [5.74, 6) is 0.258. The van der Waals surface area contributed by atoms with E-state index in [-0.39, 0.29) is 24.5 Å². The Morgan fingerprint density at radius 1 is 1.41 bits per heavy atom. The lowest BCUT2D eigenvalue weighted by Gasteiger charge is -2.22. The third-order valence-corrected chi connectivity index (χ3v) is 4.68. The van der Waals surface area contributed by atoms with Crippen LogP contribution in [-0.4, -0.2) is 28.2 Å². The van der Waals surface area contributed by atoms with Crippen LogP contribution in [0, 0.1) is 5.92 Å². The number of carbonyl (C=O) groups excluding carboxylic acids is 1. The summed E-state index contributed by atoms with van der Waals surface area (Å²) in [7, 11) is 0. The molecule has 4 nitrogen and oxygen atoms in total. The number of halogens is 1. The van der Waals surface area contributed by atoms with E-state index in [1.165, 1.54) is 0 Å². The molecule has 1 heterocycles. The number of hydrogen-bond donors (Lipinski definition) is 2. The maximum absolute atomic E-state index is 12.1. The van der Waals surface area contributed by atoms with Crippen LogP contribution < -0.4 is 5.32 Å². The lowest BCUT2D eigenvalue weighted by molar-refractivity contribution is -0.122. The second kappa shape index (κ2) is 7.79. The Morgan fingerprint density at radius 3 is 2.86 bits per heavy atom. The summed E-state index contributed by atoms with van der Waals surface area (Å²) in [6.07, 6.45) is 3.34. The summed E-state index contributed by atoms with van der Waals surface area (Å²) in [6, 6.07) is 8.02. The molecule has 0 bridgehead atoms. The number of carbonyl (C=O) groups is 1. The number of aryl methyl sites for hydroxylation is 1. The fourth-order valence-electron chi connectivity index (χ4n) is 2.51. The fraction of sp³-hybridized carbons (Fsp3) is 0.471. The summed E-state index contributed by atoms with van der Waals surface area (Å²) >= 11 is 3.48. The third-order valence-electron chi connectivity index (χ3n) is 4.19. The Balaban J connectivity index is 1.96. The van der Waals surface area contributed by atoms with Crippen LogP contribution in [0.5, 0.6) is 0 Å². The van der Waals surface area contributed by atoms with Gasteiger partial charge in [0.25, 0.3) is 0 Å². The summed E-state index contributed by atoms with van der Waals surface area (Å²) in [5, 5.41) is 13.5. The molecule has 0 radical (unpaired) electrons. The van der Waals surface area contributed by atoms with Gasteiger partial charge >= 0.3 is 0 Å². The van der Waals surface area contributed by atoms with Crippen molar-refractivity contribution in [1.82, 2.24) is 9.88 Å². The lowest BCUT2D eigenvalue weighted by Crippen LogP contribution is -2.42. The quantitative estimate of drug-likeness (QED) is 0.789. The van der Waals surface area contributed by atoms with Crippen LogP contribution in [0.3, 0.4) is 0 Å². The molecule has 0 fully saturated rings. The molecule has 5 heteroatoms. The van der Waals surface area contributed by atoms with Crippen LogP contribution in [0.1, 0.15) is 26.7 Å². The van der Waals surface area contributed by atoms with E-state index in [9.17, 15) is 9.90 Å². The van der Waals surface area contributed by atoms with Crippen LogP contribution in [0.15, 0.2) is 34.9 Å². The summed E-state index contributed by atoms with van der Waals surface area (Å²) in [5.41, 5.74) is 1.11. The molecule has 2 N–H and O–H groups in total. The van der Waals surface area contributed by atoms with Gasteiger partial charge in [0, 0.05) is 29.2 Å². The van der Waals surface area contributed by atoms with E-state index in [1.807, 2.05) is 19.2 Å². The number of nitrogens with zero attached hydrogens (tertiary/aromatic N) is 1. The molecule has 2 atom stereocenters. The van der Waals surface area contributed by atoms with E-state index in [4.69, 9.17) is 0 Å². The van der Waals surface area contributed by atoms with Crippen molar-refractivity contribution in [2.75, 3.05) is 6.61 Å². The first-order valence-corrected chi connectivity index (χ1v) is 8.49. The summed E-state index contributed by atoms with van der Waals surface area (Å²) < 4.78 is 3.11. The Labute approximate surface area is 139 Å². The van der Waals surface area contributed by atoms with E-state index in [0.29, 0.717) is 13.0 Å². The number of aliphatic hydroxyl groups is 1. The lowest BCUT2D eigenvalue weighted by atomic mass is 10.00. The summed E-state index contributed by atoms with van der Waals surface area (Å²) in [4.78, 5) is 12.1. The average molecular weight is 367 g/mol. The third kappa shape index (κ3) is 4.11. The van der Waals surface area contributed by atoms with Crippen LogP contribution in [0.4, 0.5) is 0 Å². The smallest absolute Gasteiger partial charge is 0.222 e. The number of hydrogen-bond acceptors (Lipinski definition) is 2. The molecule has 1 aromatic carbocycles. The highest BCUT2D eigenvalue weighted by Gasteiger charge is 2.17. The van der Waals surface area contributed by atoms with E-state index >= 15 is 0 Å². The van der Waals surface area contributed by atoms with Gasteiger partial charge in [-0.1, -0.05) is 42.3 Å². The van der Waals surface area contributed by atoms with Gasteiger partial charge in [-0.2, -0.15) is 0 Å². The second-order valence-electron chi connectivity index (χ2n) is 5.70. The van der Waals surface area contributed by atoms with E-state index in [2.05, 4.69) is 50.9 Å². The van der Waals surface area contributed by atoms with Gasteiger partial charge in [-0.3, -0.25) is 4.79 Å². The topological polar surface area (TPSA) is 54.3 Å². The van der Waals surface area contributed by atoms with Gasteiger partial charge in [0.05, 0.1) is 12.6 Å². The van der Waals surface area contributed by atoms with Crippen LogP contribution in [-0.2, 0) is 11.3 Å². The Morgan fingerprint density at radius 2 is 2.18 bits per heavy atom. The van der Waals surface area contributed by atoms with Crippen molar-refractivity contribution >= 4 is 32.7 Å². The highest BCUT2D eigenvalue weighted by Crippen LogP contribution is 2.21. The van der Waals surface area contributed by atoms with Gasteiger partial charge in [-0.25, -0.2) is 0 Å². The van der Waals surface area contributed by atoms with Crippen LogP contribution >= 0.6 is 15.9 Å². The molecule has 22 heavy (non-hydrogen) atoms. The number of amides is 1. The van der Waals surface area contributed by atoms with Gasteiger partial charge in [-0.15, -0.1) is 0 Å². The zero-order valence-electron chi connectivity index (χ0n) is 13.1. The van der Waals surface area contributed by atoms with Crippen molar-refractivity contribution in [2.45, 2.75) is 39.3 Å². The highest BCUT2D eigenvalue weighted by molar-refractivity contribution is 9.10. The molecule has 0 aliphatic heterocycles. The van der Waals surface area contributed by atoms with Crippen molar-refractivity contribution in [3.05, 3.63) is 34.9 Å². The minimum Gasteiger partial charge on any atom is -0.394 e. The van der Waals surface area contributed by atoms with Gasteiger partial charge in [0.15, 0.2) is 0 Å². The fourth-order valence-corrected chi connectivity index (χ4v) is 2.85. The van der Waals surface area contributed by atoms with E-state index in [1.54, 1.807) is 0 Å². The zero-order chi connectivity index (χ0) is 16.1. The Bertz CT molecular complexity index is 639. The average Bonchev–Trinajstić information content (AvgIpc) is 2.92. The van der Waals surface area contributed by atoms with Gasteiger partial charge < -0.3 is 15.0 Å². The highest BCUT2D eigenvalue weighted by atomic mass is 79.9. The maximum Gasteiger partial charge on any atom is 0.222 e. The first-order valence-electron chi connectivity index (χ1n) is 7.69. The predicted octanol–water partition coefficient (Wildman–Crippen LogP) is 3.32. The number of aromatic nitrogens is 1.